The number of pyridine rings is 2. The summed E-state index contributed by atoms with van der Waals surface area (Å²) in [7, 11) is 0. The zero-order chi connectivity index (χ0) is 39.8. The van der Waals surface area contributed by atoms with E-state index in [2.05, 4.69) is 214 Å². The lowest BCUT2D eigenvalue weighted by Crippen LogP contribution is -1.96. The Morgan fingerprint density at radius 1 is 0.262 bits per heavy atom. The Kier molecular flexibility index (Phi) is 6.49. The van der Waals surface area contributed by atoms with Gasteiger partial charge in [-0.25, -0.2) is 9.97 Å². The first kappa shape index (κ1) is 32.7. The van der Waals surface area contributed by atoms with Gasteiger partial charge in [0.2, 0.25) is 0 Å². The number of aromatic nitrogens is 5. The predicted molar refractivity (Wildman–Crippen MR) is 254 cm³/mol. The summed E-state index contributed by atoms with van der Waals surface area (Å²) in [5.41, 5.74) is 16.6. The van der Waals surface area contributed by atoms with Crippen molar-refractivity contribution in [3.8, 4) is 27.9 Å². The molecule has 0 spiro atoms. The summed E-state index contributed by atoms with van der Waals surface area (Å²) in [4.78, 5) is 10.4. The minimum atomic E-state index is 0.976. The van der Waals surface area contributed by atoms with Gasteiger partial charge in [0.15, 0.2) is 0 Å². The van der Waals surface area contributed by atoms with E-state index in [4.69, 9.17) is 9.97 Å². The van der Waals surface area contributed by atoms with E-state index < -0.39 is 0 Å². The number of fused-ring (bicyclic) bond motifs is 19. The van der Waals surface area contributed by atoms with Crippen molar-refractivity contribution in [2.75, 3.05) is 0 Å². The molecule has 0 N–H and O–H groups in total. The zero-order valence-corrected chi connectivity index (χ0v) is 32.8. The number of para-hydroxylation sites is 8. The van der Waals surface area contributed by atoms with E-state index in [-0.39, 0.29) is 0 Å². The second-order valence-electron chi connectivity index (χ2n) is 16.2. The average molecular weight is 776 g/mol. The van der Waals surface area contributed by atoms with Crippen LogP contribution in [0.5, 0.6) is 0 Å². The third-order valence-corrected chi connectivity index (χ3v) is 12.9. The Balaban J connectivity index is 1.06. The van der Waals surface area contributed by atoms with E-state index in [9.17, 15) is 0 Å². The Bertz CT molecular complexity index is 3920. The summed E-state index contributed by atoms with van der Waals surface area (Å²) in [6.45, 7) is 0. The number of hydrogen-bond acceptors (Lipinski definition) is 2. The number of imidazole rings is 2. The Morgan fingerprint density at radius 3 is 1.10 bits per heavy atom. The molecule has 0 saturated heterocycles. The summed E-state index contributed by atoms with van der Waals surface area (Å²) in [5.74, 6) is 0. The SMILES string of the molecule is c1ccc2c(c1)nc1c3ccc(-c4cc(-c5ccc6c(c5)c5ccccc5n5c7ccccc7nc65)cc(-n5c6ccccc6c6ccccc65)c4)cc3c3ccccc3n21. The van der Waals surface area contributed by atoms with E-state index in [0.717, 1.165) is 83.1 Å². The van der Waals surface area contributed by atoms with Crippen molar-refractivity contribution in [3.05, 3.63) is 200 Å². The number of benzene rings is 9. The van der Waals surface area contributed by atoms with Crippen LogP contribution >= 0.6 is 0 Å². The van der Waals surface area contributed by atoms with Crippen LogP contribution in [0.4, 0.5) is 0 Å². The van der Waals surface area contributed by atoms with E-state index in [1.165, 1.54) is 43.4 Å². The molecule has 5 heteroatoms. The molecule has 5 heterocycles. The van der Waals surface area contributed by atoms with Crippen molar-refractivity contribution in [2.24, 2.45) is 0 Å². The molecule has 9 aromatic carbocycles. The van der Waals surface area contributed by atoms with Crippen LogP contribution in [-0.2, 0) is 0 Å². The smallest absolute Gasteiger partial charge is 0.146 e. The van der Waals surface area contributed by atoms with Gasteiger partial charge in [0.1, 0.15) is 11.3 Å². The molecule has 0 aliphatic heterocycles. The molecule has 0 amide bonds. The molecule has 0 aliphatic rings. The minimum Gasteiger partial charge on any atom is -0.309 e. The van der Waals surface area contributed by atoms with Gasteiger partial charge in [-0.05, 0) is 124 Å². The highest BCUT2D eigenvalue weighted by Gasteiger charge is 2.19. The second kappa shape index (κ2) is 12.1. The van der Waals surface area contributed by atoms with Gasteiger partial charge in [0.05, 0.1) is 44.1 Å². The van der Waals surface area contributed by atoms with Crippen molar-refractivity contribution in [3.63, 3.8) is 0 Å². The van der Waals surface area contributed by atoms with Crippen molar-refractivity contribution in [2.45, 2.75) is 0 Å². The molecule has 0 unspecified atom stereocenters. The van der Waals surface area contributed by atoms with Crippen molar-refractivity contribution >= 4 is 98.5 Å². The van der Waals surface area contributed by atoms with E-state index in [1.54, 1.807) is 0 Å². The molecular weight excluding hydrogens is 743 g/mol. The van der Waals surface area contributed by atoms with Gasteiger partial charge in [-0.3, -0.25) is 8.80 Å². The Hall–Kier alpha value is -8.28. The third-order valence-electron chi connectivity index (χ3n) is 12.9. The molecule has 14 rings (SSSR count). The highest BCUT2D eigenvalue weighted by Crippen LogP contribution is 2.41. The summed E-state index contributed by atoms with van der Waals surface area (Å²) in [6, 6.07) is 72.8. The summed E-state index contributed by atoms with van der Waals surface area (Å²) < 4.78 is 7.07. The van der Waals surface area contributed by atoms with Gasteiger partial charge in [0, 0.05) is 38.0 Å². The van der Waals surface area contributed by atoms with Gasteiger partial charge >= 0.3 is 0 Å². The molecule has 0 atom stereocenters. The molecule has 0 saturated carbocycles. The zero-order valence-electron chi connectivity index (χ0n) is 32.8. The Labute approximate surface area is 348 Å². The fourth-order valence-electron chi connectivity index (χ4n) is 10.3. The number of hydrogen-bond donors (Lipinski definition) is 0. The summed E-state index contributed by atoms with van der Waals surface area (Å²) in [5, 5.41) is 9.54. The van der Waals surface area contributed by atoms with Crippen LogP contribution in [0, 0.1) is 0 Å². The molecular formula is C56H33N5. The third kappa shape index (κ3) is 4.55. The maximum Gasteiger partial charge on any atom is 0.146 e. The summed E-state index contributed by atoms with van der Waals surface area (Å²) in [6.07, 6.45) is 0. The van der Waals surface area contributed by atoms with Crippen LogP contribution < -0.4 is 0 Å². The van der Waals surface area contributed by atoms with Crippen molar-refractivity contribution in [1.82, 2.24) is 23.3 Å². The molecule has 0 radical (unpaired) electrons. The number of rotatable bonds is 3. The molecule has 14 aromatic rings. The molecule has 0 fully saturated rings. The van der Waals surface area contributed by atoms with Crippen LogP contribution in [0.3, 0.4) is 0 Å². The fraction of sp³-hybridized carbons (Fsp3) is 0. The van der Waals surface area contributed by atoms with Crippen molar-refractivity contribution in [1.29, 1.82) is 0 Å². The van der Waals surface area contributed by atoms with Crippen LogP contribution in [0.15, 0.2) is 200 Å². The molecule has 5 nitrogen and oxygen atoms in total. The monoisotopic (exact) mass is 775 g/mol. The second-order valence-corrected chi connectivity index (χ2v) is 16.2. The largest absolute Gasteiger partial charge is 0.309 e. The molecule has 61 heavy (non-hydrogen) atoms. The van der Waals surface area contributed by atoms with Crippen LogP contribution in [0.25, 0.3) is 126 Å². The standard InChI is InChI=1S/C56H33N5/c1-7-19-49-39(13-1)40-14-2-8-20-50(40)59(49)38-30-36(34-25-27-43-45(32-34)41-15-3-9-21-51(41)60-53-23-11-5-17-47(53)57-55(43)60)29-37(31-38)35-26-28-44-46(33-35)42-16-4-10-22-52(42)61-54-24-12-6-18-48(54)58-56(44)61/h1-33H. The first-order valence-corrected chi connectivity index (χ1v) is 20.8. The lowest BCUT2D eigenvalue weighted by atomic mass is 9.94. The molecule has 0 bridgehead atoms. The number of nitrogens with zero attached hydrogens (tertiary/aromatic N) is 5. The van der Waals surface area contributed by atoms with Gasteiger partial charge in [0.25, 0.3) is 0 Å². The van der Waals surface area contributed by atoms with Gasteiger partial charge in [-0.15, -0.1) is 0 Å². The van der Waals surface area contributed by atoms with Crippen LogP contribution in [0.2, 0.25) is 0 Å². The average Bonchev–Trinajstić information content (AvgIpc) is 4.02. The van der Waals surface area contributed by atoms with Gasteiger partial charge in [-0.1, -0.05) is 109 Å². The first-order chi connectivity index (χ1) is 30.2. The van der Waals surface area contributed by atoms with E-state index in [0.29, 0.717) is 0 Å². The molecule has 282 valence electrons. The topological polar surface area (TPSA) is 39.5 Å². The van der Waals surface area contributed by atoms with E-state index in [1.807, 2.05) is 0 Å². The Morgan fingerprint density at radius 2 is 0.639 bits per heavy atom. The maximum atomic E-state index is 5.19. The normalized spacial score (nSPS) is 12.3. The fourth-order valence-corrected chi connectivity index (χ4v) is 10.3. The maximum absolute atomic E-state index is 5.19. The first-order valence-electron chi connectivity index (χ1n) is 20.8. The molecule has 0 aliphatic carbocycles. The van der Waals surface area contributed by atoms with Gasteiger partial charge in [-0.2, -0.15) is 0 Å². The molecule has 5 aromatic heterocycles. The van der Waals surface area contributed by atoms with Crippen LogP contribution in [-0.4, -0.2) is 23.3 Å². The minimum absolute atomic E-state index is 0.976. The predicted octanol–water partition coefficient (Wildman–Crippen LogP) is 14.3. The van der Waals surface area contributed by atoms with Crippen LogP contribution in [0.1, 0.15) is 0 Å². The summed E-state index contributed by atoms with van der Waals surface area (Å²) >= 11 is 0. The highest BCUT2D eigenvalue weighted by atomic mass is 15.0. The lowest BCUT2D eigenvalue weighted by molar-refractivity contribution is 1.18. The highest BCUT2D eigenvalue weighted by molar-refractivity contribution is 6.16. The van der Waals surface area contributed by atoms with Crippen molar-refractivity contribution < 1.29 is 0 Å². The van der Waals surface area contributed by atoms with E-state index >= 15 is 0 Å². The van der Waals surface area contributed by atoms with Gasteiger partial charge < -0.3 is 4.57 Å². The lowest BCUT2D eigenvalue weighted by Gasteiger charge is -2.16. The quantitative estimate of drug-likeness (QED) is 0.168.